The Labute approximate surface area is 139 Å². The topological polar surface area (TPSA) is 54.4 Å². The number of ketones is 1. The predicted octanol–water partition coefficient (Wildman–Crippen LogP) is 4.69. The number of halogens is 1. The van der Waals surface area contributed by atoms with E-state index in [1.54, 1.807) is 12.1 Å². The molecule has 3 rings (SSSR count). The van der Waals surface area contributed by atoms with E-state index in [9.17, 15) is 14.7 Å². The van der Waals surface area contributed by atoms with E-state index < -0.39 is 17.8 Å². The van der Waals surface area contributed by atoms with Crippen molar-refractivity contribution in [3.63, 3.8) is 0 Å². The number of Topliss-reactive ketones (excluding diaryl/α,β-unsaturated/α-hetero) is 1. The Morgan fingerprint density at radius 2 is 1.39 bits per heavy atom. The number of aliphatic carboxylic acids is 1. The summed E-state index contributed by atoms with van der Waals surface area (Å²) in [5.41, 5.74) is 2.61. The molecule has 3 nitrogen and oxygen atoms in total. The van der Waals surface area contributed by atoms with Crippen LogP contribution in [-0.4, -0.2) is 16.9 Å². The molecular formula is C19H17ClO3. The standard InChI is InChI=1S/C19H17ClO3/c20-15-10-8-13(9-11-15)12-4-6-14(7-5-12)18(21)16-2-1-3-17(16)19(22)23/h4-11,16-17H,1-3H2,(H,22,23)/t16-,17?/m0/s1. The first-order chi connectivity index (χ1) is 11.1. The maximum atomic E-state index is 12.6. The monoisotopic (exact) mass is 328 g/mol. The fourth-order valence-corrected chi connectivity index (χ4v) is 3.38. The second-order valence-corrected chi connectivity index (χ2v) is 6.37. The molecule has 0 aromatic heterocycles. The number of carboxylic acid groups (broad SMARTS) is 1. The Balaban J connectivity index is 1.80. The molecule has 0 radical (unpaired) electrons. The van der Waals surface area contributed by atoms with E-state index in [0.717, 1.165) is 17.5 Å². The van der Waals surface area contributed by atoms with Crippen molar-refractivity contribution in [2.75, 3.05) is 0 Å². The molecule has 118 valence electrons. The van der Waals surface area contributed by atoms with E-state index in [-0.39, 0.29) is 5.78 Å². The van der Waals surface area contributed by atoms with Crippen LogP contribution in [0, 0.1) is 11.8 Å². The molecule has 23 heavy (non-hydrogen) atoms. The van der Waals surface area contributed by atoms with E-state index in [2.05, 4.69) is 0 Å². The minimum Gasteiger partial charge on any atom is -0.481 e. The van der Waals surface area contributed by atoms with Gasteiger partial charge in [0, 0.05) is 16.5 Å². The molecule has 1 saturated carbocycles. The minimum atomic E-state index is -0.862. The Hall–Kier alpha value is -2.13. The summed E-state index contributed by atoms with van der Waals surface area (Å²) in [6.07, 6.45) is 2.06. The van der Waals surface area contributed by atoms with Gasteiger partial charge in [-0.25, -0.2) is 0 Å². The van der Waals surface area contributed by atoms with Crippen molar-refractivity contribution in [1.29, 1.82) is 0 Å². The van der Waals surface area contributed by atoms with Crippen LogP contribution in [0.3, 0.4) is 0 Å². The van der Waals surface area contributed by atoms with Crippen LogP contribution in [0.2, 0.25) is 5.02 Å². The van der Waals surface area contributed by atoms with Crippen LogP contribution < -0.4 is 0 Å². The van der Waals surface area contributed by atoms with Crippen molar-refractivity contribution in [2.45, 2.75) is 19.3 Å². The maximum absolute atomic E-state index is 12.6. The van der Waals surface area contributed by atoms with Crippen molar-refractivity contribution in [1.82, 2.24) is 0 Å². The van der Waals surface area contributed by atoms with Crippen molar-refractivity contribution < 1.29 is 14.7 Å². The molecule has 0 spiro atoms. The number of hydrogen-bond donors (Lipinski definition) is 1. The summed E-state index contributed by atoms with van der Waals surface area (Å²) in [5.74, 6) is -1.86. The van der Waals surface area contributed by atoms with Gasteiger partial charge in [0.2, 0.25) is 0 Å². The zero-order valence-corrected chi connectivity index (χ0v) is 13.3. The van der Waals surface area contributed by atoms with Gasteiger partial charge < -0.3 is 5.11 Å². The quantitative estimate of drug-likeness (QED) is 0.828. The Bertz CT molecular complexity index is 719. The van der Waals surface area contributed by atoms with Gasteiger partial charge in [-0.2, -0.15) is 0 Å². The summed E-state index contributed by atoms with van der Waals surface area (Å²) in [7, 11) is 0. The van der Waals surface area contributed by atoms with E-state index in [0.29, 0.717) is 23.4 Å². The molecule has 0 aliphatic heterocycles. The van der Waals surface area contributed by atoms with Crippen molar-refractivity contribution in [3.05, 3.63) is 59.1 Å². The molecule has 1 unspecified atom stereocenters. The third-order valence-corrected chi connectivity index (χ3v) is 4.77. The van der Waals surface area contributed by atoms with Gasteiger partial charge in [0.1, 0.15) is 0 Å². The molecule has 0 amide bonds. The summed E-state index contributed by atoms with van der Waals surface area (Å²) in [6.45, 7) is 0. The largest absolute Gasteiger partial charge is 0.481 e. The molecule has 2 atom stereocenters. The average Bonchev–Trinajstić information content (AvgIpc) is 3.05. The first-order valence-electron chi connectivity index (χ1n) is 7.69. The first kappa shape index (κ1) is 15.8. The maximum Gasteiger partial charge on any atom is 0.307 e. The zero-order valence-electron chi connectivity index (χ0n) is 12.5. The van der Waals surface area contributed by atoms with E-state index in [1.807, 2.05) is 36.4 Å². The molecule has 0 saturated heterocycles. The summed E-state index contributed by atoms with van der Waals surface area (Å²) in [5, 5.41) is 9.91. The molecule has 1 fully saturated rings. The molecule has 2 aromatic carbocycles. The molecule has 1 N–H and O–H groups in total. The third kappa shape index (κ3) is 3.30. The number of benzene rings is 2. The lowest BCUT2D eigenvalue weighted by atomic mass is 9.88. The normalized spacial score (nSPS) is 20.4. The summed E-state index contributed by atoms with van der Waals surface area (Å²) in [4.78, 5) is 23.8. The number of carbonyl (C=O) groups is 2. The molecule has 2 aromatic rings. The number of carboxylic acids is 1. The van der Waals surface area contributed by atoms with Gasteiger partial charge in [0.25, 0.3) is 0 Å². The SMILES string of the molecule is O=C(O)C1CCC[C@@H]1C(=O)c1ccc(-c2ccc(Cl)cc2)cc1. The number of rotatable bonds is 4. The highest BCUT2D eigenvalue weighted by molar-refractivity contribution is 6.30. The van der Waals surface area contributed by atoms with Crippen molar-refractivity contribution in [3.8, 4) is 11.1 Å². The van der Waals surface area contributed by atoms with Crippen LogP contribution in [0.15, 0.2) is 48.5 Å². The van der Waals surface area contributed by atoms with Crippen LogP contribution in [0.5, 0.6) is 0 Å². The second-order valence-electron chi connectivity index (χ2n) is 5.93. The first-order valence-corrected chi connectivity index (χ1v) is 8.07. The molecule has 1 aliphatic rings. The van der Waals surface area contributed by atoms with Gasteiger partial charge in [0.05, 0.1) is 5.92 Å². The number of hydrogen-bond acceptors (Lipinski definition) is 2. The number of carbonyl (C=O) groups excluding carboxylic acids is 1. The predicted molar refractivity (Wildman–Crippen MR) is 89.7 cm³/mol. The van der Waals surface area contributed by atoms with Crippen LogP contribution in [0.25, 0.3) is 11.1 Å². The van der Waals surface area contributed by atoms with Crippen LogP contribution in [0.1, 0.15) is 29.6 Å². The molecule has 0 bridgehead atoms. The lowest BCUT2D eigenvalue weighted by Gasteiger charge is -2.14. The van der Waals surface area contributed by atoms with Crippen LogP contribution >= 0.6 is 11.6 Å². The highest BCUT2D eigenvalue weighted by Crippen LogP contribution is 2.34. The zero-order chi connectivity index (χ0) is 16.4. The second kappa shape index (κ2) is 6.55. The third-order valence-electron chi connectivity index (χ3n) is 4.52. The lowest BCUT2D eigenvalue weighted by Crippen LogP contribution is -2.25. The summed E-state index contributed by atoms with van der Waals surface area (Å²) >= 11 is 5.89. The minimum absolute atomic E-state index is 0.0578. The molecule has 4 heteroatoms. The Kier molecular flexibility index (Phi) is 4.49. The molecule has 0 heterocycles. The highest BCUT2D eigenvalue weighted by Gasteiger charge is 2.37. The van der Waals surface area contributed by atoms with Crippen molar-refractivity contribution >= 4 is 23.4 Å². The molecular weight excluding hydrogens is 312 g/mol. The van der Waals surface area contributed by atoms with E-state index >= 15 is 0 Å². The van der Waals surface area contributed by atoms with Gasteiger partial charge in [-0.05, 0) is 36.1 Å². The average molecular weight is 329 g/mol. The van der Waals surface area contributed by atoms with Crippen LogP contribution in [0.4, 0.5) is 0 Å². The van der Waals surface area contributed by atoms with Gasteiger partial charge in [-0.1, -0.05) is 54.4 Å². The lowest BCUT2D eigenvalue weighted by molar-refractivity contribution is -0.142. The Morgan fingerprint density at radius 3 is 1.96 bits per heavy atom. The molecule has 1 aliphatic carbocycles. The Morgan fingerprint density at radius 1 is 0.870 bits per heavy atom. The summed E-state index contributed by atoms with van der Waals surface area (Å²) in [6, 6.07) is 14.8. The van der Waals surface area contributed by atoms with E-state index in [1.165, 1.54) is 0 Å². The van der Waals surface area contributed by atoms with Crippen molar-refractivity contribution in [2.24, 2.45) is 11.8 Å². The highest BCUT2D eigenvalue weighted by atomic mass is 35.5. The van der Waals surface area contributed by atoms with Gasteiger partial charge in [-0.15, -0.1) is 0 Å². The fraction of sp³-hybridized carbons (Fsp3) is 0.263. The van der Waals surface area contributed by atoms with Gasteiger partial charge in [-0.3, -0.25) is 9.59 Å². The summed E-state index contributed by atoms with van der Waals surface area (Å²) < 4.78 is 0. The van der Waals surface area contributed by atoms with Gasteiger partial charge in [0.15, 0.2) is 5.78 Å². The van der Waals surface area contributed by atoms with Crippen LogP contribution in [-0.2, 0) is 4.79 Å². The van der Waals surface area contributed by atoms with E-state index in [4.69, 9.17) is 11.6 Å². The smallest absolute Gasteiger partial charge is 0.307 e. The fourth-order valence-electron chi connectivity index (χ4n) is 3.25. The van der Waals surface area contributed by atoms with Gasteiger partial charge >= 0.3 is 5.97 Å².